The second-order valence-electron chi connectivity index (χ2n) is 4.88. The van der Waals surface area contributed by atoms with E-state index in [-0.39, 0.29) is 17.0 Å². The van der Waals surface area contributed by atoms with Crippen LogP contribution in [-0.4, -0.2) is 26.9 Å². The fourth-order valence-electron chi connectivity index (χ4n) is 2.31. The van der Waals surface area contributed by atoms with Crippen LogP contribution in [0.1, 0.15) is 11.3 Å². The van der Waals surface area contributed by atoms with Crippen LogP contribution in [0.2, 0.25) is 0 Å². The van der Waals surface area contributed by atoms with Gasteiger partial charge in [-0.25, -0.2) is 5.10 Å². The average Bonchev–Trinajstić information content (AvgIpc) is 2.92. The summed E-state index contributed by atoms with van der Waals surface area (Å²) in [5, 5.41) is 9.76. The summed E-state index contributed by atoms with van der Waals surface area (Å²) in [6.45, 7) is 1.65. The van der Waals surface area contributed by atoms with Crippen molar-refractivity contribution in [1.82, 2.24) is 19.8 Å². The maximum absolute atomic E-state index is 12.9. The largest absolute Gasteiger partial charge is 0.481 e. The molecular formula is C14H11F3N4O2. The fraction of sp³-hybridized carbons (Fsp3) is 0.214. The monoisotopic (exact) mass is 324 g/mol. The molecule has 0 saturated carbocycles. The van der Waals surface area contributed by atoms with Crippen molar-refractivity contribution in [2.45, 2.75) is 13.1 Å². The smallest absolute Gasteiger partial charge is 0.435 e. The van der Waals surface area contributed by atoms with E-state index in [1.54, 1.807) is 13.0 Å². The maximum Gasteiger partial charge on any atom is 0.435 e. The topological polar surface area (TPSA) is 72.3 Å². The lowest BCUT2D eigenvalue weighted by Gasteiger charge is -2.08. The van der Waals surface area contributed by atoms with Crippen LogP contribution in [-0.2, 0) is 6.18 Å². The number of hydrogen-bond donors (Lipinski definition) is 1. The van der Waals surface area contributed by atoms with Gasteiger partial charge in [0, 0.05) is 17.7 Å². The number of rotatable bonds is 2. The molecule has 3 aromatic rings. The second kappa shape index (κ2) is 5.11. The minimum absolute atomic E-state index is 0.154. The summed E-state index contributed by atoms with van der Waals surface area (Å²) in [5.74, 6) is 0.154. The molecule has 120 valence electrons. The van der Waals surface area contributed by atoms with Gasteiger partial charge in [0.1, 0.15) is 0 Å². The zero-order valence-electron chi connectivity index (χ0n) is 12.1. The summed E-state index contributed by atoms with van der Waals surface area (Å²) in [5.41, 5.74) is 0.0638. The molecule has 6 nitrogen and oxygen atoms in total. The van der Waals surface area contributed by atoms with Gasteiger partial charge in [-0.3, -0.25) is 4.79 Å². The summed E-state index contributed by atoms with van der Waals surface area (Å²) in [6.07, 6.45) is -4.58. The van der Waals surface area contributed by atoms with E-state index in [0.717, 1.165) is 10.6 Å². The van der Waals surface area contributed by atoms with Crippen molar-refractivity contribution in [2.24, 2.45) is 0 Å². The van der Waals surface area contributed by atoms with E-state index < -0.39 is 11.9 Å². The Bertz CT molecular complexity index is 943. The van der Waals surface area contributed by atoms with Crippen molar-refractivity contribution in [3.63, 3.8) is 0 Å². The number of alkyl halides is 3. The summed E-state index contributed by atoms with van der Waals surface area (Å²) in [6, 6.07) is 5.31. The molecule has 3 rings (SSSR count). The third kappa shape index (κ3) is 2.54. The lowest BCUT2D eigenvalue weighted by molar-refractivity contribution is -0.141. The van der Waals surface area contributed by atoms with E-state index in [1.165, 1.54) is 19.2 Å². The molecule has 0 aromatic carbocycles. The Balaban J connectivity index is 2.33. The first-order chi connectivity index (χ1) is 10.8. The number of aromatic amines is 1. The maximum atomic E-state index is 12.9. The van der Waals surface area contributed by atoms with Gasteiger partial charge in [-0.05, 0) is 24.6 Å². The molecular weight excluding hydrogens is 313 g/mol. The van der Waals surface area contributed by atoms with Crippen LogP contribution in [0.25, 0.3) is 16.8 Å². The van der Waals surface area contributed by atoms with Crippen LogP contribution in [0.5, 0.6) is 5.88 Å². The van der Waals surface area contributed by atoms with Crippen molar-refractivity contribution in [3.05, 3.63) is 45.9 Å². The van der Waals surface area contributed by atoms with Crippen molar-refractivity contribution in [3.8, 4) is 17.1 Å². The van der Waals surface area contributed by atoms with Crippen LogP contribution >= 0.6 is 0 Å². The third-order valence-electron chi connectivity index (χ3n) is 3.34. The van der Waals surface area contributed by atoms with Gasteiger partial charge in [-0.15, -0.1) is 0 Å². The lowest BCUT2D eigenvalue weighted by Crippen LogP contribution is -2.09. The zero-order chi connectivity index (χ0) is 16.8. The zero-order valence-corrected chi connectivity index (χ0v) is 12.1. The van der Waals surface area contributed by atoms with Crippen molar-refractivity contribution >= 4 is 5.52 Å². The van der Waals surface area contributed by atoms with Gasteiger partial charge in [-0.2, -0.15) is 27.9 Å². The first kappa shape index (κ1) is 15.1. The van der Waals surface area contributed by atoms with Gasteiger partial charge in [0.05, 0.1) is 18.3 Å². The minimum atomic E-state index is -4.58. The Hall–Kier alpha value is -2.84. The highest BCUT2D eigenvalue weighted by Crippen LogP contribution is 2.34. The second-order valence-corrected chi connectivity index (χ2v) is 4.88. The number of hydrogen-bond acceptors (Lipinski definition) is 4. The Morgan fingerprint density at radius 3 is 2.61 bits per heavy atom. The third-order valence-corrected chi connectivity index (χ3v) is 3.34. The standard InChI is InChI=1S/C14H11F3N4O2/c1-7-5-11(22)18-19-13(7)8-3-4-12(23-2)21-9(8)6-10(20-21)14(15,16)17/h3-6H,1-2H3,(H,18,22). The minimum Gasteiger partial charge on any atom is -0.481 e. The van der Waals surface area contributed by atoms with Crippen LogP contribution in [0.15, 0.2) is 29.1 Å². The van der Waals surface area contributed by atoms with Crippen LogP contribution in [0.4, 0.5) is 13.2 Å². The highest BCUT2D eigenvalue weighted by molar-refractivity contribution is 5.80. The quantitative estimate of drug-likeness (QED) is 0.786. The predicted octanol–water partition coefficient (Wildman–Crippen LogP) is 2.42. The Morgan fingerprint density at radius 1 is 1.26 bits per heavy atom. The number of methoxy groups -OCH3 is 1. The number of aryl methyl sites for hydroxylation is 1. The van der Waals surface area contributed by atoms with E-state index in [2.05, 4.69) is 15.3 Å². The van der Waals surface area contributed by atoms with Gasteiger partial charge < -0.3 is 4.74 Å². The van der Waals surface area contributed by atoms with Gasteiger partial charge in [0.2, 0.25) is 5.88 Å². The summed E-state index contributed by atoms with van der Waals surface area (Å²) in [4.78, 5) is 11.3. The highest BCUT2D eigenvalue weighted by Gasteiger charge is 2.35. The molecule has 23 heavy (non-hydrogen) atoms. The molecule has 0 saturated heterocycles. The van der Waals surface area contributed by atoms with Crippen molar-refractivity contribution in [1.29, 1.82) is 0 Å². The van der Waals surface area contributed by atoms with Gasteiger partial charge in [0.15, 0.2) is 5.69 Å². The van der Waals surface area contributed by atoms with Gasteiger partial charge >= 0.3 is 6.18 Å². The molecule has 1 N–H and O–H groups in total. The molecule has 0 amide bonds. The SMILES string of the molecule is COc1ccc(-c2n[nH]c(=O)cc2C)c2cc(C(F)(F)F)nn12. The molecule has 0 fully saturated rings. The molecule has 0 aliphatic rings. The lowest BCUT2D eigenvalue weighted by atomic mass is 10.1. The Labute approximate surface area is 127 Å². The number of aromatic nitrogens is 4. The number of ether oxygens (including phenoxy) is 1. The van der Waals surface area contributed by atoms with Crippen LogP contribution < -0.4 is 10.3 Å². The molecule has 0 bridgehead atoms. The van der Waals surface area contributed by atoms with E-state index in [0.29, 0.717) is 16.8 Å². The number of nitrogens with zero attached hydrogens (tertiary/aromatic N) is 3. The van der Waals surface area contributed by atoms with E-state index in [1.807, 2.05) is 0 Å². The molecule has 0 unspecified atom stereocenters. The van der Waals surface area contributed by atoms with Crippen molar-refractivity contribution in [2.75, 3.05) is 7.11 Å². The molecule has 9 heteroatoms. The highest BCUT2D eigenvalue weighted by atomic mass is 19.4. The number of nitrogens with one attached hydrogen (secondary N) is 1. The number of pyridine rings is 1. The predicted molar refractivity (Wildman–Crippen MR) is 75.3 cm³/mol. The fourth-order valence-corrected chi connectivity index (χ4v) is 2.31. The molecule has 0 aliphatic heterocycles. The first-order valence-corrected chi connectivity index (χ1v) is 6.52. The van der Waals surface area contributed by atoms with E-state index in [4.69, 9.17) is 4.74 Å². The summed E-state index contributed by atoms with van der Waals surface area (Å²) in [7, 11) is 1.34. The number of halogens is 3. The number of fused-ring (bicyclic) bond motifs is 1. The Morgan fingerprint density at radius 2 is 2.00 bits per heavy atom. The van der Waals surface area contributed by atoms with E-state index in [9.17, 15) is 18.0 Å². The molecule has 3 heterocycles. The number of H-pyrrole nitrogens is 1. The molecule has 0 aliphatic carbocycles. The summed E-state index contributed by atoms with van der Waals surface area (Å²) < 4.78 is 45.0. The molecule has 0 atom stereocenters. The average molecular weight is 324 g/mol. The van der Waals surface area contributed by atoms with Crippen LogP contribution in [0.3, 0.4) is 0 Å². The van der Waals surface area contributed by atoms with Gasteiger partial charge in [-0.1, -0.05) is 0 Å². The molecule has 0 radical (unpaired) electrons. The normalized spacial score (nSPS) is 11.9. The van der Waals surface area contributed by atoms with Crippen molar-refractivity contribution < 1.29 is 17.9 Å². The Kier molecular flexibility index (Phi) is 3.35. The van der Waals surface area contributed by atoms with E-state index >= 15 is 0 Å². The molecule has 3 aromatic heterocycles. The first-order valence-electron chi connectivity index (χ1n) is 6.52. The molecule has 0 spiro atoms. The summed E-state index contributed by atoms with van der Waals surface area (Å²) >= 11 is 0. The van der Waals surface area contributed by atoms with Gasteiger partial charge in [0.25, 0.3) is 5.56 Å². The van der Waals surface area contributed by atoms with Crippen LogP contribution in [0, 0.1) is 6.92 Å².